The van der Waals surface area contributed by atoms with Crippen LogP contribution < -0.4 is 5.32 Å². The lowest BCUT2D eigenvalue weighted by Crippen LogP contribution is -2.58. The maximum absolute atomic E-state index is 6.31. The van der Waals surface area contributed by atoms with Gasteiger partial charge < -0.3 is 5.32 Å². The van der Waals surface area contributed by atoms with Crippen LogP contribution in [0.2, 0.25) is 10.0 Å². The third-order valence-electron chi connectivity index (χ3n) is 4.73. The summed E-state index contributed by atoms with van der Waals surface area (Å²) in [5, 5.41) is 5.12. The molecule has 1 nitrogen and oxygen atoms in total. The highest BCUT2D eigenvalue weighted by Crippen LogP contribution is 2.45. The van der Waals surface area contributed by atoms with E-state index in [4.69, 9.17) is 23.2 Å². The minimum absolute atomic E-state index is 0.435. The van der Waals surface area contributed by atoms with Gasteiger partial charge in [0, 0.05) is 28.5 Å². The van der Waals surface area contributed by atoms with E-state index in [0.717, 1.165) is 35.5 Å². The van der Waals surface area contributed by atoms with Gasteiger partial charge in [-0.2, -0.15) is 0 Å². The van der Waals surface area contributed by atoms with Gasteiger partial charge in [-0.3, -0.25) is 0 Å². The van der Waals surface area contributed by atoms with Crippen molar-refractivity contribution >= 4 is 23.2 Å². The molecule has 18 heavy (non-hydrogen) atoms. The summed E-state index contributed by atoms with van der Waals surface area (Å²) >= 11 is 12.4. The van der Waals surface area contributed by atoms with Gasteiger partial charge >= 0.3 is 0 Å². The van der Waals surface area contributed by atoms with Crippen molar-refractivity contribution in [2.24, 2.45) is 11.3 Å². The predicted molar refractivity (Wildman–Crippen MR) is 77.4 cm³/mol. The van der Waals surface area contributed by atoms with Crippen molar-refractivity contribution in [1.82, 2.24) is 5.32 Å². The summed E-state index contributed by atoms with van der Waals surface area (Å²) in [6.07, 6.45) is 6.65. The van der Waals surface area contributed by atoms with E-state index in [9.17, 15) is 0 Å². The van der Waals surface area contributed by atoms with Crippen LogP contribution in [0.4, 0.5) is 0 Å². The lowest BCUT2D eigenvalue weighted by molar-refractivity contribution is 0.0812. The highest BCUT2D eigenvalue weighted by molar-refractivity contribution is 6.33. The minimum Gasteiger partial charge on any atom is -0.315 e. The first-order chi connectivity index (χ1) is 8.70. The van der Waals surface area contributed by atoms with E-state index in [-0.39, 0.29) is 0 Å². The van der Waals surface area contributed by atoms with E-state index in [1.165, 1.54) is 31.2 Å². The van der Waals surface area contributed by atoms with Crippen LogP contribution in [0.3, 0.4) is 0 Å². The van der Waals surface area contributed by atoms with Gasteiger partial charge in [0.05, 0.1) is 0 Å². The third kappa shape index (κ3) is 2.29. The SMILES string of the molecule is Clc1ccc(Cl)c(CC2(C3CCCC3)CNC2)c1. The Morgan fingerprint density at radius 2 is 1.89 bits per heavy atom. The maximum atomic E-state index is 6.31. The average Bonchev–Trinajstić information content (AvgIpc) is 2.82. The van der Waals surface area contributed by atoms with Crippen molar-refractivity contribution in [2.75, 3.05) is 13.1 Å². The average molecular weight is 284 g/mol. The molecule has 0 bridgehead atoms. The zero-order valence-corrected chi connectivity index (χ0v) is 12.0. The summed E-state index contributed by atoms with van der Waals surface area (Å²) in [7, 11) is 0. The van der Waals surface area contributed by atoms with Crippen molar-refractivity contribution < 1.29 is 0 Å². The number of halogens is 2. The monoisotopic (exact) mass is 283 g/mol. The van der Waals surface area contributed by atoms with Crippen LogP contribution in [0.25, 0.3) is 0 Å². The molecule has 98 valence electrons. The van der Waals surface area contributed by atoms with Crippen LogP contribution >= 0.6 is 23.2 Å². The van der Waals surface area contributed by atoms with Crippen LogP contribution in [0, 0.1) is 11.3 Å². The van der Waals surface area contributed by atoms with Crippen molar-refractivity contribution in [2.45, 2.75) is 32.1 Å². The molecule has 0 atom stereocenters. The molecule has 1 aromatic rings. The van der Waals surface area contributed by atoms with Gasteiger partial charge in [-0.05, 0) is 48.9 Å². The first-order valence-corrected chi connectivity index (χ1v) is 7.60. The Hall–Kier alpha value is -0.240. The molecule has 1 aliphatic heterocycles. The molecule has 0 spiro atoms. The molecule has 1 aromatic carbocycles. The van der Waals surface area contributed by atoms with Gasteiger partial charge in [0.25, 0.3) is 0 Å². The zero-order chi connectivity index (χ0) is 12.6. The molecule has 1 heterocycles. The summed E-state index contributed by atoms with van der Waals surface area (Å²) in [6.45, 7) is 2.28. The highest BCUT2D eigenvalue weighted by Gasteiger charge is 2.44. The number of hydrogen-bond acceptors (Lipinski definition) is 1. The lowest BCUT2D eigenvalue weighted by Gasteiger charge is -2.48. The second kappa shape index (κ2) is 5.03. The van der Waals surface area contributed by atoms with E-state index in [1.807, 2.05) is 18.2 Å². The van der Waals surface area contributed by atoms with Crippen LogP contribution in [-0.4, -0.2) is 13.1 Å². The predicted octanol–water partition coefficient (Wildman–Crippen LogP) is 4.32. The van der Waals surface area contributed by atoms with Gasteiger partial charge in [-0.1, -0.05) is 36.0 Å². The van der Waals surface area contributed by atoms with Crippen molar-refractivity contribution in [1.29, 1.82) is 0 Å². The number of rotatable bonds is 3. The third-order valence-corrected chi connectivity index (χ3v) is 5.33. The molecule has 1 saturated carbocycles. The smallest absolute Gasteiger partial charge is 0.0439 e. The molecule has 1 aliphatic carbocycles. The molecule has 2 aliphatic rings. The number of nitrogens with one attached hydrogen (secondary N) is 1. The van der Waals surface area contributed by atoms with Crippen molar-refractivity contribution in [3.8, 4) is 0 Å². The molecular weight excluding hydrogens is 265 g/mol. The minimum atomic E-state index is 0.435. The van der Waals surface area contributed by atoms with Crippen LogP contribution in [0.15, 0.2) is 18.2 Å². The van der Waals surface area contributed by atoms with Crippen LogP contribution in [-0.2, 0) is 6.42 Å². The Labute approximate surface area is 119 Å². The van der Waals surface area contributed by atoms with E-state index in [0.29, 0.717) is 5.41 Å². The molecule has 0 unspecified atom stereocenters. The Kier molecular flexibility index (Phi) is 3.57. The number of benzene rings is 1. The second-order valence-corrected chi connectivity index (χ2v) is 6.70. The van der Waals surface area contributed by atoms with Gasteiger partial charge in [0.2, 0.25) is 0 Å². The summed E-state index contributed by atoms with van der Waals surface area (Å²) < 4.78 is 0. The van der Waals surface area contributed by atoms with Gasteiger partial charge in [0.1, 0.15) is 0 Å². The van der Waals surface area contributed by atoms with E-state index >= 15 is 0 Å². The van der Waals surface area contributed by atoms with Crippen molar-refractivity contribution in [3.05, 3.63) is 33.8 Å². The Morgan fingerprint density at radius 1 is 1.17 bits per heavy atom. The fourth-order valence-corrected chi connectivity index (χ4v) is 3.98. The van der Waals surface area contributed by atoms with Gasteiger partial charge in [-0.25, -0.2) is 0 Å². The molecule has 2 fully saturated rings. The molecule has 1 N–H and O–H groups in total. The Balaban J connectivity index is 1.82. The molecule has 0 amide bonds. The first-order valence-electron chi connectivity index (χ1n) is 6.84. The number of hydrogen-bond donors (Lipinski definition) is 1. The summed E-state index contributed by atoms with van der Waals surface area (Å²) in [5.41, 5.74) is 1.66. The van der Waals surface area contributed by atoms with E-state index in [1.54, 1.807) is 0 Å². The van der Waals surface area contributed by atoms with E-state index in [2.05, 4.69) is 5.32 Å². The Bertz CT molecular complexity index is 434. The lowest BCUT2D eigenvalue weighted by atomic mass is 9.66. The molecule has 3 heteroatoms. The summed E-state index contributed by atoms with van der Waals surface area (Å²) in [5.74, 6) is 0.869. The molecular formula is C15H19Cl2N. The fourth-order valence-electron chi connectivity index (χ4n) is 3.60. The standard InChI is InChI=1S/C15H19Cl2N/c16-13-5-6-14(17)11(7-13)8-15(9-18-10-15)12-3-1-2-4-12/h5-7,12,18H,1-4,8-10H2. The normalized spacial score (nSPS) is 23.0. The fraction of sp³-hybridized carbons (Fsp3) is 0.600. The maximum Gasteiger partial charge on any atom is 0.0439 e. The quantitative estimate of drug-likeness (QED) is 0.871. The Morgan fingerprint density at radius 3 is 2.50 bits per heavy atom. The van der Waals surface area contributed by atoms with Crippen LogP contribution in [0.5, 0.6) is 0 Å². The van der Waals surface area contributed by atoms with Crippen LogP contribution in [0.1, 0.15) is 31.2 Å². The van der Waals surface area contributed by atoms with Gasteiger partial charge in [-0.15, -0.1) is 0 Å². The first kappa shape index (κ1) is 12.8. The highest BCUT2D eigenvalue weighted by atomic mass is 35.5. The summed E-state index contributed by atoms with van der Waals surface area (Å²) in [6, 6.07) is 5.83. The largest absolute Gasteiger partial charge is 0.315 e. The summed E-state index contributed by atoms with van der Waals surface area (Å²) in [4.78, 5) is 0. The molecule has 1 saturated heterocycles. The zero-order valence-electron chi connectivity index (χ0n) is 10.5. The topological polar surface area (TPSA) is 12.0 Å². The van der Waals surface area contributed by atoms with Gasteiger partial charge in [0.15, 0.2) is 0 Å². The molecule has 0 aromatic heterocycles. The van der Waals surface area contributed by atoms with E-state index < -0.39 is 0 Å². The molecule has 3 rings (SSSR count). The van der Waals surface area contributed by atoms with Crippen molar-refractivity contribution in [3.63, 3.8) is 0 Å². The molecule has 0 radical (unpaired) electrons. The second-order valence-electron chi connectivity index (χ2n) is 5.86.